The first kappa shape index (κ1) is 19.5. The molecule has 138 valence electrons. The van der Waals surface area contributed by atoms with E-state index in [1.807, 2.05) is 5.32 Å². The summed E-state index contributed by atoms with van der Waals surface area (Å²) in [5.41, 5.74) is -2.50. The van der Waals surface area contributed by atoms with E-state index in [4.69, 9.17) is 0 Å². The Morgan fingerprint density at radius 3 is 2.15 bits per heavy atom. The van der Waals surface area contributed by atoms with E-state index in [-0.39, 0.29) is 6.54 Å². The van der Waals surface area contributed by atoms with Crippen LogP contribution in [0.15, 0.2) is 54.6 Å². The maximum Gasteiger partial charge on any atom is 0.418 e. The first-order valence-corrected chi connectivity index (χ1v) is 7.64. The minimum atomic E-state index is -4.67. The molecule has 1 atom stereocenters. The molecular formula is C18H17F3N2O3. The second-order valence-electron chi connectivity index (χ2n) is 5.82. The standard InChI is InChI=1S/C18H17F3N2O3/c1-17(26,12-7-3-2-4-8-12)11-22-15(24)16(25)23-14-10-6-5-9-13(14)18(19,20)21/h2-10,26H,11H2,1H3,(H,22,24)(H,23,25). The third kappa shape index (κ3) is 4.82. The number of aliphatic hydroxyl groups is 1. The first-order valence-electron chi connectivity index (χ1n) is 7.64. The van der Waals surface area contributed by atoms with E-state index in [0.717, 1.165) is 12.1 Å². The molecule has 0 aliphatic carbocycles. The van der Waals surface area contributed by atoms with Crippen molar-refractivity contribution in [2.24, 2.45) is 0 Å². The van der Waals surface area contributed by atoms with Crippen molar-refractivity contribution in [2.45, 2.75) is 18.7 Å². The van der Waals surface area contributed by atoms with Gasteiger partial charge in [0.2, 0.25) is 0 Å². The van der Waals surface area contributed by atoms with Crippen LogP contribution >= 0.6 is 0 Å². The van der Waals surface area contributed by atoms with Crippen molar-refractivity contribution in [1.29, 1.82) is 0 Å². The van der Waals surface area contributed by atoms with Gasteiger partial charge >= 0.3 is 18.0 Å². The van der Waals surface area contributed by atoms with Crippen molar-refractivity contribution >= 4 is 17.5 Å². The molecule has 1 unspecified atom stereocenters. The smallest absolute Gasteiger partial charge is 0.384 e. The Hall–Kier alpha value is -2.87. The number of benzene rings is 2. The molecule has 0 bridgehead atoms. The quantitative estimate of drug-likeness (QED) is 0.728. The van der Waals surface area contributed by atoms with Gasteiger partial charge in [-0.3, -0.25) is 9.59 Å². The van der Waals surface area contributed by atoms with Crippen molar-refractivity contribution in [2.75, 3.05) is 11.9 Å². The van der Waals surface area contributed by atoms with Crippen molar-refractivity contribution in [3.05, 3.63) is 65.7 Å². The molecular weight excluding hydrogens is 349 g/mol. The Morgan fingerprint density at radius 1 is 0.962 bits per heavy atom. The van der Waals surface area contributed by atoms with Crippen LogP contribution in [0.5, 0.6) is 0 Å². The number of anilines is 1. The van der Waals surface area contributed by atoms with E-state index < -0.39 is 34.8 Å². The molecule has 26 heavy (non-hydrogen) atoms. The average molecular weight is 366 g/mol. The average Bonchev–Trinajstić information content (AvgIpc) is 2.60. The number of carbonyl (C=O) groups excluding carboxylic acids is 2. The van der Waals surface area contributed by atoms with Gasteiger partial charge in [-0.05, 0) is 24.6 Å². The molecule has 0 saturated carbocycles. The van der Waals surface area contributed by atoms with Crippen LogP contribution in [0, 0.1) is 0 Å². The summed E-state index contributed by atoms with van der Waals surface area (Å²) in [6.45, 7) is 1.16. The van der Waals surface area contributed by atoms with Crippen molar-refractivity contribution in [1.82, 2.24) is 5.32 Å². The topological polar surface area (TPSA) is 78.4 Å². The summed E-state index contributed by atoms with van der Waals surface area (Å²) in [5.74, 6) is -2.41. The lowest BCUT2D eigenvalue weighted by Gasteiger charge is -2.24. The third-order valence-corrected chi connectivity index (χ3v) is 3.68. The number of hydrogen-bond acceptors (Lipinski definition) is 3. The highest BCUT2D eigenvalue weighted by Crippen LogP contribution is 2.34. The summed E-state index contributed by atoms with van der Waals surface area (Å²) in [5, 5.41) is 14.5. The second-order valence-corrected chi connectivity index (χ2v) is 5.82. The molecule has 2 amide bonds. The fraction of sp³-hybridized carbons (Fsp3) is 0.222. The van der Waals surface area contributed by atoms with Crippen molar-refractivity contribution < 1.29 is 27.9 Å². The van der Waals surface area contributed by atoms with Crippen molar-refractivity contribution in [3.8, 4) is 0 Å². The molecule has 0 radical (unpaired) electrons. The zero-order valence-electron chi connectivity index (χ0n) is 13.8. The second kappa shape index (κ2) is 7.57. The third-order valence-electron chi connectivity index (χ3n) is 3.68. The van der Waals surface area contributed by atoms with Crippen molar-refractivity contribution in [3.63, 3.8) is 0 Å². The predicted molar refractivity (Wildman–Crippen MR) is 89.1 cm³/mol. The van der Waals surface area contributed by atoms with Gasteiger partial charge in [-0.15, -0.1) is 0 Å². The maximum atomic E-state index is 12.9. The molecule has 0 heterocycles. The molecule has 0 fully saturated rings. The molecule has 2 aromatic rings. The largest absolute Gasteiger partial charge is 0.418 e. The molecule has 0 aliphatic rings. The molecule has 3 N–H and O–H groups in total. The zero-order chi connectivity index (χ0) is 19.4. The number of alkyl halides is 3. The Balaban J connectivity index is 2.02. The van der Waals surface area contributed by atoms with E-state index >= 15 is 0 Å². The number of para-hydroxylation sites is 1. The van der Waals surface area contributed by atoms with E-state index in [1.165, 1.54) is 19.1 Å². The van der Waals surface area contributed by atoms with Crippen LogP contribution in [-0.2, 0) is 21.4 Å². The van der Waals surface area contributed by atoms with Crippen LogP contribution in [0.25, 0.3) is 0 Å². The Kier molecular flexibility index (Phi) is 5.66. The van der Waals surface area contributed by atoms with E-state index in [0.29, 0.717) is 5.56 Å². The first-order chi connectivity index (χ1) is 12.1. The van der Waals surface area contributed by atoms with Gasteiger partial charge in [0.25, 0.3) is 0 Å². The Morgan fingerprint density at radius 2 is 1.54 bits per heavy atom. The monoisotopic (exact) mass is 366 g/mol. The summed E-state index contributed by atoms with van der Waals surface area (Å²) in [6, 6.07) is 12.8. The Labute approximate surface area is 147 Å². The lowest BCUT2D eigenvalue weighted by molar-refractivity contribution is -0.138. The van der Waals surface area contributed by atoms with Gasteiger partial charge in [0, 0.05) is 0 Å². The van der Waals surface area contributed by atoms with Crippen LogP contribution in [0.1, 0.15) is 18.1 Å². The van der Waals surface area contributed by atoms with Gasteiger partial charge in [0.1, 0.15) is 5.60 Å². The highest BCUT2D eigenvalue weighted by Gasteiger charge is 2.34. The molecule has 5 nitrogen and oxygen atoms in total. The van der Waals surface area contributed by atoms with Crippen LogP contribution in [0.3, 0.4) is 0 Å². The Bertz CT molecular complexity index is 790. The molecule has 8 heteroatoms. The zero-order valence-corrected chi connectivity index (χ0v) is 13.8. The van der Waals surface area contributed by atoms with E-state index in [2.05, 4.69) is 5.32 Å². The summed E-state index contributed by atoms with van der Waals surface area (Å²) in [6.07, 6.45) is -4.67. The minimum absolute atomic E-state index is 0.288. The lowest BCUT2D eigenvalue weighted by atomic mass is 9.96. The van der Waals surface area contributed by atoms with E-state index in [9.17, 15) is 27.9 Å². The van der Waals surface area contributed by atoms with Gasteiger partial charge < -0.3 is 15.7 Å². The number of rotatable bonds is 4. The van der Waals surface area contributed by atoms with Gasteiger partial charge in [0.15, 0.2) is 0 Å². The number of halogens is 3. The number of nitrogens with one attached hydrogen (secondary N) is 2. The molecule has 0 aromatic heterocycles. The number of hydrogen-bond donors (Lipinski definition) is 3. The fourth-order valence-corrected chi connectivity index (χ4v) is 2.25. The summed E-state index contributed by atoms with van der Waals surface area (Å²) in [7, 11) is 0. The molecule has 0 spiro atoms. The lowest BCUT2D eigenvalue weighted by Crippen LogP contribution is -2.43. The highest BCUT2D eigenvalue weighted by molar-refractivity contribution is 6.39. The predicted octanol–water partition coefficient (Wildman–Crippen LogP) is 2.67. The highest BCUT2D eigenvalue weighted by atomic mass is 19.4. The summed E-state index contributed by atoms with van der Waals surface area (Å²) in [4.78, 5) is 23.7. The number of carbonyl (C=O) groups is 2. The van der Waals surface area contributed by atoms with Crippen LogP contribution < -0.4 is 10.6 Å². The van der Waals surface area contributed by atoms with Crippen LogP contribution in [0.2, 0.25) is 0 Å². The summed E-state index contributed by atoms with van der Waals surface area (Å²) < 4.78 is 38.7. The normalized spacial score (nSPS) is 13.6. The van der Waals surface area contributed by atoms with Gasteiger partial charge in [-0.25, -0.2) is 0 Å². The molecule has 2 rings (SSSR count). The van der Waals surface area contributed by atoms with Gasteiger partial charge in [0.05, 0.1) is 17.8 Å². The maximum absolute atomic E-state index is 12.9. The minimum Gasteiger partial charge on any atom is -0.384 e. The number of amides is 2. The van der Waals surface area contributed by atoms with Crippen LogP contribution in [-0.4, -0.2) is 23.5 Å². The molecule has 0 aliphatic heterocycles. The molecule has 0 saturated heterocycles. The SMILES string of the molecule is CC(O)(CNC(=O)C(=O)Nc1ccccc1C(F)(F)F)c1ccccc1. The van der Waals surface area contributed by atoms with E-state index in [1.54, 1.807) is 30.3 Å². The summed E-state index contributed by atoms with van der Waals surface area (Å²) >= 11 is 0. The fourth-order valence-electron chi connectivity index (χ4n) is 2.25. The van der Waals surface area contributed by atoms with Gasteiger partial charge in [-0.2, -0.15) is 13.2 Å². The molecule has 2 aromatic carbocycles. The van der Waals surface area contributed by atoms with Crippen LogP contribution in [0.4, 0.5) is 18.9 Å². The van der Waals surface area contributed by atoms with Gasteiger partial charge in [-0.1, -0.05) is 42.5 Å².